The predicted molar refractivity (Wildman–Crippen MR) is 93.1 cm³/mol. The van der Waals surface area contributed by atoms with E-state index in [1.54, 1.807) is 6.07 Å². The largest absolute Gasteiger partial charge is 0.351 e. The van der Waals surface area contributed by atoms with Gasteiger partial charge in [-0.25, -0.2) is 0 Å². The topological polar surface area (TPSA) is 58.2 Å². The molecule has 0 radical (unpaired) electrons. The first-order chi connectivity index (χ1) is 11.7. The van der Waals surface area contributed by atoms with Gasteiger partial charge in [-0.15, -0.1) is 0 Å². The number of anilines is 1. The Bertz CT molecular complexity index is 795. The van der Waals surface area contributed by atoms with Crippen molar-refractivity contribution >= 4 is 17.5 Å². The second kappa shape index (κ2) is 5.78. The first kappa shape index (κ1) is 14.9. The zero-order valence-electron chi connectivity index (χ0n) is 13.5. The monoisotopic (exact) mass is 320 g/mol. The number of amides is 2. The Morgan fingerprint density at radius 3 is 2.62 bits per heavy atom. The summed E-state index contributed by atoms with van der Waals surface area (Å²) in [6.45, 7) is 0.670. The van der Waals surface area contributed by atoms with E-state index in [9.17, 15) is 9.59 Å². The Balaban J connectivity index is 1.45. The van der Waals surface area contributed by atoms with Crippen molar-refractivity contribution in [3.63, 3.8) is 0 Å². The maximum absolute atomic E-state index is 12.5. The molecule has 4 rings (SSSR count). The highest BCUT2D eigenvalue weighted by Crippen LogP contribution is 2.47. The van der Waals surface area contributed by atoms with Crippen molar-refractivity contribution in [3.8, 4) is 0 Å². The minimum Gasteiger partial charge on any atom is -0.351 e. The molecule has 0 atom stereocenters. The van der Waals surface area contributed by atoms with E-state index in [1.807, 2.05) is 18.2 Å². The summed E-state index contributed by atoms with van der Waals surface area (Å²) in [5.41, 5.74) is 3.93. The summed E-state index contributed by atoms with van der Waals surface area (Å²) in [5, 5.41) is 5.93. The van der Waals surface area contributed by atoms with Crippen LogP contribution >= 0.6 is 0 Å². The number of hydrogen-bond acceptors (Lipinski definition) is 2. The van der Waals surface area contributed by atoms with Crippen molar-refractivity contribution in [1.29, 1.82) is 0 Å². The minimum atomic E-state index is -0.0445. The summed E-state index contributed by atoms with van der Waals surface area (Å²) in [6, 6.07) is 15.9. The quantitative estimate of drug-likeness (QED) is 0.910. The lowest BCUT2D eigenvalue weighted by molar-refractivity contribution is -0.116. The lowest BCUT2D eigenvalue weighted by atomic mass is 9.95. The van der Waals surface area contributed by atoms with Gasteiger partial charge in [0.25, 0.3) is 5.91 Å². The molecule has 1 saturated carbocycles. The molecule has 24 heavy (non-hydrogen) atoms. The number of aryl methyl sites for hydroxylation is 1. The van der Waals surface area contributed by atoms with Gasteiger partial charge in [0.15, 0.2) is 0 Å². The van der Waals surface area contributed by atoms with E-state index in [0.29, 0.717) is 24.9 Å². The molecular weight excluding hydrogens is 300 g/mol. The van der Waals surface area contributed by atoms with Crippen LogP contribution in [-0.4, -0.2) is 18.4 Å². The predicted octanol–water partition coefficient (Wildman–Crippen LogP) is 3.03. The minimum absolute atomic E-state index is 0.0400. The molecule has 2 aromatic rings. The summed E-state index contributed by atoms with van der Waals surface area (Å²) in [4.78, 5) is 23.9. The second-order valence-corrected chi connectivity index (χ2v) is 6.75. The Hall–Kier alpha value is -2.62. The van der Waals surface area contributed by atoms with Crippen LogP contribution in [0.1, 0.15) is 40.7 Å². The highest BCUT2D eigenvalue weighted by molar-refractivity contribution is 5.98. The number of carbonyl (C=O) groups excluding carboxylic acids is 2. The fourth-order valence-electron chi connectivity index (χ4n) is 3.39. The number of nitrogens with one attached hydrogen (secondary N) is 2. The van der Waals surface area contributed by atoms with Gasteiger partial charge in [0, 0.05) is 29.6 Å². The van der Waals surface area contributed by atoms with E-state index in [2.05, 4.69) is 34.9 Å². The van der Waals surface area contributed by atoms with E-state index in [4.69, 9.17) is 0 Å². The standard InChI is InChI=1S/C20H20N2O2/c23-18-9-7-14-12-15(6-8-17(14)22-18)19(24)21-13-20(10-11-20)16-4-2-1-3-5-16/h1-6,8,12H,7,9-11,13H2,(H,21,24)(H,22,23). The van der Waals surface area contributed by atoms with Crippen molar-refractivity contribution in [2.75, 3.05) is 11.9 Å². The highest BCUT2D eigenvalue weighted by Gasteiger charge is 2.44. The SMILES string of the molecule is O=C1CCc2cc(C(=O)NCC3(c4ccccc4)CC3)ccc2N1. The van der Waals surface area contributed by atoms with Crippen LogP contribution in [0.3, 0.4) is 0 Å². The molecule has 0 saturated heterocycles. The normalized spacial score (nSPS) is 17.6. The molecule has 1 aliphatic carbocycles. The van der Waals surface area contributed by atoms with Crippen molar-refractivity contribution < 1.29 is 9.59 Å². The smallest absolute Gasteiger partial charge is 0.251 e. The molecule has 2 N–H and O–H groups in total. The van der Waals surface area contributed by atoms with Gasteiger partial charge in [-0.05, 0) is 48.6 Å². The first-order valence-electron chi connectivity index (χ1n) is 8.43. The fraction of sp³-hybridized carbons (Fsp3) is 0.300. The Morgan fingerprint density at radius 2 is 1.88 bits per heavy atom. The zero-order chi connectivity index (χ0) is 16.6. The summed E-state index contributed by atoms with van der Waals surface area (Å²) >= 11 is 0. The van der Waals surface area contributed by atoms with Crippen LogP contribution in [-0.2, 0) is 16.6 Å². The Morgan fingerprint density at radius 1 is 1.08 bits per heavy atom. The summed E-state index contributed by atoms with van der Waals surface area (Å²) in [7, 11) is 0. The number of benzene rings is 2. The van der Waals surface area contributed by atoms with Crippen molar-refractivity contribution in [1.82, 2.24) is 5.32 Å². The average Bonchev–Trinajstić information content (AvgIpc) is 3.41. The summed E-state index contributed by atoms with van der Waals surface area (Å²) in [5.74, 6) is -0.00450. The van der Waals surface area contributed by atoms with E-state index in [0.717, 1.165) is 24.1 Å². The first-order valence-corrected chi connectivity index (χ1v) is 8.43. The van der Waals surface area contributed by atoms with Gasteiger partial charge in [0.05, 0.1) is 0 Å². The maximum atomic E-state index is 12.5. The molecule has 0 aromatic heterocycles. The molecule has 1 fully saturated rings. The van der Waals surface area contributed by atoms with Gasteiger partial charge in [-0.2, -0.15) is 0 Å². The van der Waals surface area contributed by atoms with Crippen LogP contribution in [0.2, 0.25) is 0 Å². The third kappa shape index (κ3) is 2.80. The van der Waals surface area contributed by atoms with Gasteiger partial charge in [-0.1, -0.05) is 30.3 Å². The molecule has 2 aliphatic rings. The molecule has 0 bridgehead atoms. The Labute approximate surface area is 141 Å². The molecule has 1 aliphatic heterocycles. The highest BCUT2D eigenvalue weighted by atomic mass is 16.2. The third-order valence-electron chi connectivity index (χ3n) is 5.09. The van der Waals surface area contributed by atoms with Crippen molar-refractivity contribution in [2.45, 2.75) is 31.1 Å². The van der Waals surface area contributed by atoms with E-state index in [1.165, 1.54) is 5.56 Å². The van der Waals surface area contributed by atoms with Crippen LogP contribution < -0.4 is 10.6 Å². The molecule has 1 heterocycles. The van der Waals surface area contributed by atoms with Crippen molar-refractivity contribution in [3.05, 3.63) is 65.2 Å². The van der Waals surface area contributed by atoms with Gasteiger partial charge in [-0.3, -0.25) is 9.59 Å². The van der Waals surface area contributed by atoms with Crippen LogP contribution in [0.5, 0.6) is 0 Å². The molecule has 2 amide bonds. The lowest BCUT2D eigenvalue weighted by Crippen LogP contribution is -2.32. The molecule has 0 spiro atoms. The van der Waals surface area contributed by atoms with Gasteiger partial charge < -0.3 is 10.6 Å². The van der Waals surface area contributed by atoms with Crippen LogP contribution in [0.4, 0.5) is 5.69 Å². The molecule has 4 nitrogen and oxygen atoms in total. The third-order valence-corrected chi connectivity index (χ3v) is 5.09. The number of rotatable bonds is 4. The number of hydrogen-bond donors (Lipinski definition) is 2. The van der Waals surface area contributed by atoms with Gasteiger partial charge in [0.2, 0.25) is 5.91 Å². The number of fused-ring (bicyclic) bond motifs is 1. The summed E-state index contributed by atoms with van der Waals surface area (Å²) in [6.07, 6.45) is 3.41. The van der Waals surface area contributed by atoms with Crippen LogP contribution in [0.15, 0.2) is 48.5 Å². The molecule has 4 heteroatoms. The van der Waals surface area contributed by atoms with Gasteiger partial charge >= 0.3 is 0 Å². The van der Waals surface area contributed by atoms with Crippen LogP contribution in [0.25, 0.3) is 0 Å². The zero-order valence-corrected chi connectivity index (χ0v) is 13.5. The average molecular weight is 320 g/mol. The molecule has 122 valence electrons. The maximum Gasteiger partial charge on any atom is 0.251 e. The van der Waals surface area contributed by atoms with Crippen LogP contribution in [0, 0.1) is 0 Å². The van der Waals surface area contributed by atoms with E-state index < -0.39 is 0 Å². The van der Waals surface area contributed by atoms with Crippen molar-refractivity contribution in [2.24, 2.45) is 0 Å². The Kier molecular flexibility index (Phi) is 3.60. The molecule has 0 unspecified atom stereocenters. The second-order valence-electron chi connectivity index (χ2n) is 6.75. The van der Waals surface area contributed by atoms with Gasteiger partial charge in [0.1, 0.15) is 0 Å². The molecule has 2 aromatic carbocycles. The molecular formula is C20H20N2O2. The van der Waals surface area contributed by atoms with E-state index >= 15 is 0 Å². The fourth-order valence-corrected chi connectivity index (χ4v) is 3.39. The summed E-state index contributed by atoms with van der Waals surface area (Å²) < 4.78 is 0. The number of carbonyl (C=O) groups is 2. The van der Waals surface area contributed by atoms with E-state index in [-0.39, 0.29) is 17.2 Å². The lowest BCUT2D eigenvalue weighted by Gasteiger charge is -2.19.